The molecule has 0 aromatic heterocycles. The number of hydrogen-bond donors (Lipinski definition) is 0. The number of likely N-dealkylation sites (tertiary alicyclic amines) is 1. The molecular formula is C15H22N2O. The molecule has 1 unspecified atom stereocenters. The molecule has 0 saturated carbocycles. The first-order valence-corrected chi connectivity index (χ1v) is 6.64. The molecule has 1 fully saturated rings. The number of piperidine rings is 1. The van der Waals surface area contributed by atoms with Gasteiger partial charge in [0.05, 0.1) is 0 Å². The molecule has 1 aromatic rings. The number of hydrogen-bond acceptors (Lipinski definition) is 2. The van der Waals surface area contributed by atoms with Gasteiger partial charge in [0.1, 0.15) is 0 Å². The Balaban J connectivity index is 2.15. The lowest BCUT2D eigenvalue weighted by Crippen LogP contribution is -2.39. The van der Waals surface area contributed by atoms with E-state index in [4.69, 9.17) is 0 Å². The number of carbonyl (C=O) groups is 1. The zero-order valence-corrected chi connectivity index (χ0v) is 11.5. The second kappa shape index (κ2) is 5.42. The van der Waals surface area contributed by atoms with E-state index in [-0.39, 0.29) is 5.91 Å². The topological polar surface area (TPSA) is 23.6 Å². The van der Waals surface area contributed by atoms with E-state index >= 15 is 0 Å². The van der Waals surface area contributed by atoms with Crippen LogP contribution < -0.4 is 4.90 Å². The second-order valence-electron chi connectivity index (χ2n) is 5.44. The van der Waals surface area contributed by atoms with Crippen molar-refractivity contribution in [3.63, 3.8) is 0 Å². The molecule has 1 saturated heterocycles. The number of nitrogens with zero attached hydrogens (tertiary/aromatic N) is 2. The quantitative estimate of drug-likeness (QED) is 0.801. The predicted molar refractivity (Wildman–Crippen MR) is 75.1 cm³/mol. The van der Waals surface area contributed by atoms with Gasteiger partial charge >= 0.3 is 0 Å². The van der Waals surface area contributed by atoms with Crippen LogP contribution in [0.3, 0.4) is 0 Å². The molecule has 1 heterocycles. The molecule has 0 spiro atoms. The molecule has 18 heavy (non-hydrogen) atoms. The maximum Gasteiger partial charge on any atom is 0.253 e. The molecule has 1 aliphatic heterocycles. The minimum Gasteiger partial charge on any atom is -0.378 e. The lowest BCUT2D eigenvalue weighted by atomic mass is 9.99. The molecule has 0 radical (unpaired) electrons. The summed E-state index contributed by atoms with van der Waals surface area (Å²) in [5.41, 5.74) is 1.88. The van der Waals surface area contributed by atoms with Crippen LogP contribution in [0.15, 0.2) is 24.3 Å². The van der Waals surface area contributed by atoms with Gasteiger partial charge in [0.15, 0.2) is 0 Å². The van der Waals surface area contributed by atoms with Crippen molar-refractivity contribution in [2.45, 2.75) is 19.8 Å². The summed E-state index contributed by atoms with van der Waals surface area (Å²) in [5, 5.41) is 0. The lowest BCUT2D eigenvalue weighted by molar-refractivity contribution is 0.0683. The van der Waals surface area contributed by atoms with Gasteiger partial charge in [-0.3, -0.25) is 4.79 Å². The number of amides is 1. The van der Waals surface area contributed by atoms with E-state index in [1.54, 1.807) is 0 Å². The Morgan fingerprint density at radius 2 is 2.17 bits per heavy atom. The SMILES string of the molecule is CC1CCCN(C(=O)c2cccc(N(C)C)c2)C1. The summed E-state index contributed by atoms with van der Waals surface area (Å²) in [5.74, 6) is 0.796. The fraction of sp³-hybridized carbons (Fsp3) is 0.533. The smallest absolute Gasteiger partial charge is 0.253 e. The predicted octanol–water partition coefficient (Wildman–Crippen LogP) is 2.62. The molecule has 1 aliphatic rings. The van der Waals surface area contributed by atoms with Crippen molar-refractivity contribution in [1.29, 1.82) is 0 Å². The standard InChI is InChI=1S/C15H22N2O/c1-12-6-5-9-17(11-12)15(18)13-7-4-8-14(10-13)16(2)3/h4,7-8,10,12H,5-6,9,11H2,1-3H3. The molecule has 0 aliphatic carbocycles. The van der Waals surface area contributed by atoms with Gasteiger partial charge in [-0.15, -0.1) is 0 Å². The van der Waals surface area contributed by atoms with Crippen molar-refractivity contribution in [3.8, 4) is 0 Å². The summed E-state index contributed by atoms with van der Waals surface area (Å²) >= 11 is 0. The summed E-state index contributed by atoms with van der Waals surface area (Å²) in [7, 11) is 3.99. The Hall–Kier alpha value is -1.51. The van der Waals surface area contributed by atoms with Gasteiger partial charge in [-0.25, -0.2) is 0 Å². The molecule has 0 N–H and O–H groups in total. The molecule has 1 aromatic carbocycles. The Morgan fingerprint density at radius 1 is 1.39 bits per heavy atom. The monoisotopic (exact) mass is 246 g/mol. The van der Waals surface area contributed by atoms with Crippen LogP contribution in [-0.4, -0.2) is 38.0 Å². The van der Waals surface area contributed by atoms with Gasteiger partial charge in [0, 0.05) is 38.4 Å². The Morgan fingerprint density at radius 3 is 2.83 bits per heavy atom. The van der Waals surface area contributed by atoms with Crippen molar-refractivity contribution in [1.82, 2.24) is 4.90 Å². The third-order valence-electron chi connectivity index (χ3n) is 3.55. The first kappa shape index (κ1) is 12.9. The summed E-state index contributed by atoms with van der Waals surface area (Å²) in [4.78, 5) is 16.4. The number of anilines is 1. The summed E-state index contributed by atoms with van der Waals surface area (Å²) in [6.45, 7) is 4.01. The van der Waals surface area contributed by atoms with E-state index in [2.05, 4.69) is 6.92 Å². The third kappa shape index (κ3) is 2.84. The summed E-state index contributed by atoms with van der Waals surface area (Å²) < 4.78 is 0. The molecule has 3 heteroatoms. The minimum absolute atomic E-state index is 0.172. The largest absolute Gasteiger partial charge is 0.378 e. The van der Waals surface area contributed by atoms with E-state index in [1.807, 2.05) is 48.2 Å². The maximum absolute atomic E-state index is 12.4. The number of carbonyl (C=O) groups excluding carboxylic acids is 1. The Bertz CT molecular complexity index is 428. The van der Waals surface area contributed by atoms with Crippen molar-refractivity contribution in [2.75, 3.05) is 32.1 Å². The van der Waals surface area contributed by atoms with Crippen molar-refractivity contribution in [3.05, 3.63) is 29.8 Å². The maximum atomic E-state index is 12.4. The van der Waals surface area contributed by atoms with E-state index in [9.17, 15) is 4.79 Å². The molecular weight excluding hydrogens is 224 g/mol. The van der Waals surface area contributed by atoms with Crippen LogP contribution in [0.4, 0.5) is 5.69 Å². The number of rotatable bonds is 2. The Labute approximate surface area is 109 Å². The highest BCUT2D eigenvalue weighted by atomic mass is 16.2. The van der Waals surface area contributed by atoms with Crippen molar-refractivity contribution < 1.29 is 4.79 Å². The van der Waals surface area contributed by atoms with Crippen molar-refractivity contribution in [2.24, 2.45) is 5.92 Å². The van der Waals surface area contributed by atoms with Gasteiger partial charge in [-0.1, -0.05) is 13.0 Å². The molecule has 98 valence electrons. The summed E-state index contributed by atoms with van der Waals surface area (Å²) in [6, 6.07) is 7.86. The first-order valence-electron chi connectivity index (χ1n) is 6.64. The zero-order chi connectivity index (χ0) is 13.1. The fourth-order valence-electron chi connectivity index (χ4n) is 2.47. The number of benzene rings is 1. The zero-order valence-electron chi connectivity index (χ0n) is 11.5. The van der Waals surface area contributed by atoms with E-state index < -0.39 is 0 Å². The van der Waals surface area contributed by atoms with E-state index in [0.29, 0.717) is 5.92 Å². The van der Waals surface area contributed by atoms with Gasteiger partial charge in [-0.2, -0.15) is 0 Å². The van der Waals surface area contributed by atoms with Gasteiger partial charge in [-0.05, 0) is 37.0 Å². The van der Waals surface area contributed by atoms with Crippen LogP contribution in [0, 0.1) is 5.92 Å². The second-order valence-corrected chi connectivity index (χ2v) is 5.44. The normalized spacial score (nSPS) is 19.7. The van der Waals surface area contributed by atoms with E-state index in [1.165, 1.54) is 6.42 Å². The minimum atomic E-state index is 0.172. The average Bonchev–Trinajstić information content (AvgIpc) is 2.38. The third-order valence-corrected chi connectivity index (χ3v) is 3.55. The highest BCUT2D eigenvalue weighted by Gasteiger charge is 2.22. The molecule has 1 atom stereocenters. The average molecular weight is 246 g/mol. The van der Waals surface area contributed by atoms with Gasteiger partial charge in [0.25, 0.3) is 5.91 Å². The van der Waals surface area contributed by atoms with Crippen LogP contribution in [0.25, 0.3) is 0 Å². The molecule has 0 bridgehead atoms. The van der Waals surface area contributed by atoms with Crippen molar-refractivity contribution >= 4 is 11.6 Å². The van der Waals surface area contributed by atoms with E-state index in [0.717, 1.165) is 30.8 Å². The van der Waals surface area contributed by atoms with Crippen LogP contribution in [-0.2, 0) is 0 Å². The lowest BCUT2D eigenvalue weighted by Gasteiger charge is -2.31. The summed E-state index contributed by atoms with van der Waals surface area (Å²) in [6.07, 6.45) is 2.36. The Kier molecular flexibility index (Phi) is 3.90. The molecule has 2 rings (SSSR count). The van der Waals surface area contributed by atoms with Crippen LogP contribution in [0.5, 0.6) is 0 Å². The van der Waals surface area contributed by atoms with Crippen LogP contribution >= 0.6 is 0 Å². The van der Waals surface area contributed by atoms with Crippen LogP contribution in [0.2, 0.25) is 0 Å². The van der Waals surface area contributed by atoms with Gasteiger partial charge in [0.2, 0.25) is 0 Å². The highest BCUT2D eigenvalue weighted by Crippen LogP contribution is 2.20. The molecule has 1 amide bonds. The molecule has 3 nitrogen and oxygen atoms in total. The van der Waals surface area contributed by atoms with Gasteiger partial charge < -0.3 is 9.80 Å². The highest BCUT2D eigenvalue weighted by molar-refractivity contribution is 5.95. The van der Waals surface area contributed by atoms with Crippen LogP contribution in [0.1, 0.15) is 30.1 Å². The first-order chi connectivity index (χ1) is 8.58. The fourth-order valence-corrected chi connectivity index (χ4v) is 2.47.